The number of nitrogens with one attached hydrogen (secondary N) is 2. The molecule has 1 aliphatic rings. The van der Waals surface area contributed by atoms with Crippen LogP contribution >= 0.6 is 0 Å². The number of hydrogen-bond acceptors (Lipinski definition) is 4. The van der Waals surface area contributed by atoms with Crippen molar-refractivity contribution in [2.24, 2.45) is 0 Å². The van der Waals surface area contributed by atoms with Gasteiger partial charge in [-0.05, 0) is 74.4 Å². The highest BCUT2D eigenvalue weighted by molar-refractivity contribution is 5.94. The fourth-order valence-electron chi connectivity index (χ4n) is 5.14. The van der Waals surface area contributed by atoms with Crippen molar-refractivity contribution >= 4 is 28.2 Å². The fraction of sp³-hybridized carbons (Fsp3) is 0.484. The molecule has 1 amide bonds. The van der Waals surface area contributed by atoms with Crippen LogP contribution in [-0.4, -0.2) is 38.1 Å². The van der Waals surface area contributed by atoms with Gasteiger partial charge in [0.25, 0.3) is 5.91 Å². The van der Waals surface area contributed by atoms with Crippen molar-refractivity contribution in [2.45, 2.75) is 70.6 Å². The van der Waals surface area contributed by atoms with Crippen LogP contribution in [0.4, 0.5) is 11.4 Å². The van der Waals surface area contributed by atoms with E-state index < -0.39 is 0 Å². The summed E-state index contributed by atoms with van der Waals surface area (Å²) >= 11 is 0. The Kier molecular flexibility index (Phi) is 9.60. The summed E-state index contributed by atoms with van der Waals surface area (Å²) in [6, 6.07) is 16.3. The van der Waals surface area contributed by atoms with E-state index >= 15 is 0 Å². The Hall–Kier alpha value is -3.08. The molecule has 5 heteroatoms. The van der Waals surface area contributed by atoms with E-state index in [0.29, 0.717) is 0 Å². The highest BCUT2D eigenvalue weighted by Crippen LogP contribution is 2.33. The number of fused-ring (bicyclic) bond motifs is 2. The van der Waals surface area contributed by atoms with Gasteiger partial charge >= 0.3 is 0 Å². The Bertz CT molecular complexity index is 1120. The molecular weight excluding hydrogens is 444 g/mol. The molecule has 0 spiro atoms. The molecule has 192 valence electrons. The van der Waals surface area contributed by atoms with Crippen molar-refractivity contribution in [3.63, 3.8) is 0 Å². The van der Waals surface area contributed by atoms with E-state index in [2.05, 4.69) is 34.9 Å². The first-order valence-electron chi connectivity index (χ1n) is 13.8. The molecule has 5 nitrogen and oxygen atoms in total. The van der Waals surface area contributed by atoms with Gasteiger partial charge in [-0.3, -0.25) is 9.78 Å². The molecule has 0 saturated heterocycles. The number of anilines is 2. The SMILES string of the molecule is CN(C)c1ccc(C(=O)NCCCCCCCCCNc2c3c(nc4ccccc24)CCCC3)cc1. The summed E-state index contributed by atoms with van der Waals surface area (Å²) in [6.07, 6.45) is 13.3. The third-order valence-corrected chi connectivity index (χ3v) is 7.26. The standard InChI is InChI=1S/C31H42N4O/c1-35(2)25-20-18-24(19-21-25)31(36)33-23-13-7-5-3-4-6-12-22-32-30-26-14-8-10-16-28(26)34-29-17-11-9-15-27(29)30/h8,10,14,16,18-21H,3-7,9,11-13,15,17,22-23H2,1-2H3,(H,32,34)(H,33,36). The number of unbranched alkanes of at least 4 members (excludes halogenated alkanes) is 6. The van der Waals surface area contributed by atoms with Crippen molar-refractivity contribution in [3.8, 4) is 0 Å². The van der Waals surface area contributed by atoms with E-state index in [1.807, 2.05) is 43.3 Å². The molecule has 1 heterocycles. The summed E-state index contributed by atoms with van der Waals surface area (Å²) in [5.41, 5.74) is 7.06. The maximum atomic E-state index is 12.3. The minimum Gasteiger partial charge on any atom is -0.384 e. The molecule has 3 aromatic rings. The van der Waals surface area contributed by atoms with Crippen molar-refractivity contribution in [1.82, 2.24) is 10.3 Å². The van der Waals surface area contributed by atoms with Crippen LogP contribution in [0.3, 0.4) is 0 Å². The van der Waals surface area contributed by atoms with Gasteiger partial charge in [0.05, 0.1) is 5.52 Å². The van der Waals surface area contributed by atoms with E-state index in [9.17, 15) is 4.79 Å². The topological polar surface area (TPSA) is 57.3 Å². The van der Waals surface area contributed by atoms with E-state index in [1.54, 1.807) is 0 Å². The van der Waals surface area contributed by atoms with E-state index in [0.717, 1.165) is 49.1 Å². The third kappa shape index (κ3) is 6.99. The molecule has 0 bridgehead atoms. The van der Waals surface area contributed by atoms with Gasteiger partial charge < -0.3 is 15.5 Å². The molecule has 0 radical (unpaired) electrons. The molecule has 0 atom stereocenters. The van der Waals surface area contributed by atoms with Gasteiger partial charge in [-0.25, -0.2) is 0 Å². The lowest BCUT2D eigenvalue weighted by Gasteiger charge is -2.21. The summed E-state index contributed by atoms with van der Waals surface area (Å²) in [7, 11) is 4.00. The predicted molar refractivity (Wildman–Crippen MR) is 152 cm³/mol. The zero-order chi connectivity index (χ0) is 25.2. The Balaban J connectivity index is 1.08. The zero-order valence-corrected chi connectivity index (χ0v) is 22.1. The Labute approximate surface area is 216 Å². The monoisotopic (exact) mass is 486 g/mol. The molecule has 36 heavy (non-hydrogen) atoms. The lowest BCUT2D eigenvalue weighted by molar-refractivity contribution is 0.0953. The van der Waals surface area contributed by atoms with Crippen molar-refractivity contribution < 1.29 is 4.79 Å². The van der Waals surface area contributed by atoms with Gasteiger partial charge in [-0.2, -0.15) is 0 Å². The van der Waals surface area contributed by atoms with Crippen LogP contribution in [0.15, 0.2) is 48.5 Å². The Morgan fingerprint density at radius 1 is 0.833 bits per heavy atom. The number of carbonyl (C=O) groups is 1. The summed E-state index contributed by atoms with van der Waals surface area (Å²) in [4.78, 5) is 19.3. The molecule has 1 aromatic heterocycles. The van der Waals surface area contributed by atoms with Crippen LogP contribution in [0.2, 0.25) is 0 Å². The molecule has 2 N–H and O–H groups in total. The van der Waals surface area contributed by atoms with Crippen molar-refractivity contribution in [3.05, 3.63) is 65.4 Å². The van der Waals surface area contributed by atoms with Gasteiger partial charge in [0.1, 0.15) is 0 Å². The molecule has 0 unspecified atom stereocenters. The number of nitrogens with zero attached hydrogens (tertiary/aromatic N) is 2. The molecule has 0 fully saturated rings. The lowest BCUT2D eigenvalue weighted by atomic mass is 9.92. The first-order chi connectivity index (χ1) is 17.6. The molecule has 0 aliphatic heterocycles. The number of aryl methyl sites for hydroxylation is 1. The maximum absolute atomic E-state index is 12.3. The predicted octanol–water partition coefficient (Wildman–Crippen LogP) is 6.75. The van der Waals surface area contributed by atoms with Gasteiger partial charge in [-0.1, -0.05) is 50.3 Å². The smallest absolute Gasteiger partial charge is 0.251 e. The van der Waals surface area contributed by atoms with Crippen LogP contribution in [0.1, 0.15) is 79.4 Å². The average molecular weight is 487 g/mol. The van der Waals surface area contributed by atoms with E-state index in [-0.39, 0.29) is 5.91 Å². The molecule has 1 aliphatic carbocycles. The average Bonchev–Trinajstić information content (AvgIpc) is 2.91. The number of carbonyl (C=O) groups excluding carboxylic acids is 1. The van der Waals surface area contributed by atoms with Gasteiger partial charge in [-0.15, -0.1) is 0 Å². The number of amides is 1. The second-order valence-electron chi connectivity index (χ2n) is 10.2. The number of pyridine rings is 1. The van der Waals surface area contributed by atoms with Crippen LogP contribution in [0.5, 0.6) is 0 Å². The minimum absolute atomic E-state index is 0.0241. The lowest BCUT2D eigenvalue weighted by Crippen LogP contribution is -2.24. The highest BCUT2D eigenvalue weighted by Gasteiger charge is 2.17. The number of rotatable bonds is 13. The van der Waals surface area contributed by atoms with Crippen LogP contribution < -0.4 is 15.5 Å². The summed E-state index contributed by atoms with van der Waals surface area (Å²) in [5.74, 6) is 0.0241. The normalized spacial score (nSPS) is 12.8. The first-order valence-corrected chi connectivity index (χ1v) is 13.8. The van der Waals surface area contributed by atoms with E-state index in [4.69, 9.17) is 4.98 Å². The second-order valence-corrected chi connectivity index (χ2v) is 10.2. The quantitative estimate of drug-likeness (QED) is 0.262. The molecule has 0 saturated carbocycles. The van der Waals surface area contributed by atoms with Crippen LogP contribution in [0, 0.1) is 0 Å². The molecule has 2 aromatic carbocycles. The summed E-state index contributed by atoms with van der Waals surface area (Å²) < 4.78 is 0. The van der Waals surface area contributed by atoms with Crippen LogP contribution in [0.25, 0.3) is 10.9 Å². The number of para-hydroxylation sites is 1. The highest BCUT2D eigenvalue weighted by atomic mass is 16.1. The largest absolute Gasteiger partial charge is 0.384 e. The third-order valence-electron chi connectivity index (χ3n) is 7.26. The maximum Gasteiger partial charge on any atom is 0.251 e. The number of aromatic nitrogens is 1. The van der Waals surface area contributed by atoms with Gasteiger partial charge in [0.15, 0.2) is 0 Å². The second kappa shape index (κ2) is 13.3. The molecular formula is C31H42N4O. The van der Waals surface area contributed by atoms with Crippen molar-refractivity contribution in [1.29, 1.82) is 0 Å². The minimum atomic E-state index is 0.0241. The first kappa shape index (κ1) is 26.0. The van der Waals surface area contributed by atoms with E-state index in [1.165, 1.54) is 73.7 Å². The Morgan fingerprint density at radius 2 is 1.50 bits per heavy atom. The Morgan fingerprint density at radius 3 is 2.25 bits per heavy atom. The number of benzene rings is 2. The number of hydrogen-bond donors (Lipinski definition) is 2. The summed E-state index contributed by atoms with van der Waals surface area (Å²) in [5, 5.41) is 8.11. The molecule has 4 rings (SSSR count). The summed E-state index contributed by atoms with van der Waals surface area (Å²) in [6.45, 7) is 1.78. The van der Waals surface area contributed by atoms with Gasteiger partial charge in [0.2, 0.25) is 0 Å². The van der Waals surface area contributed by atoms with Crippen LogP contribution in [-0.2, 0) is 12.8 Å². The fourth-order valence-corrected chi connectivity index (χ4v) is 5.14. The zero-order valence-electron chi connectivity index (χ0n) is 22.1. The van der Waals surface area contributed by atoms with Gasteiger partial charge in [0, 0.05) is 55.2 Å². The van der Waals surface area contributed by atoms with Crippen molar-refractivity contribution in [2.75, 3.05) is 37.4 Å².